The molecule has 0 spiro atoms. The molecule has 10 heteroatoms. The summed E-state index contributed by atoms with van der Waals surface area (Å²) in [5, 5.41) is 3.32. The minimum atomic E-state index is -4.15. The molecule has 0 aliphatic rings. The molecule has 0 bridgehead atoms. The van der Waals surface area contributed by atoms with Gasteiger partial charge in [0.25, 0.3) is 10.0 Å². The van der Waals surface area contributed by atoms with E-state index >= 15 is 0 Å². The van der Waals surface area contributed by atoms with Gasteiger partial charge in [0.1, 0.15) is 12.6 Å². The van der Waals surface area contributed by atoms with Crippen LogP contribution >= 0.6 is 23.2 Å². The van der Waals surface area contributed by atoms with E-state index in [0.29, 0.717) is 21.3 Å². The maximum Gasteiger partial charge on any atom is 0.264 e. The van der Waals surface area contributed by atoms with E-state index in [1.54, 1.807) is 48.5 Å². The van der Waals surface area contributed by atoms with Gasteiger partial charge in [-0.05, 0) is 59.5 Å². The molecule has 1 unspecified atom stereocenters. The number of sulfonamides is 1. The lowest BCUT2D eigenvalue weighted by Crippen LogP contribution is -2.53. The van der Waals surface area contributed by atoms with Crippen LogP contribution in [0.4, 0.5) is 5.69 Å². The predicted octanol–water partition coefficient (Wildman–Crippen LogP) is 6.14. The van der Waals surface area contributed by atoms with Gasteiger partial charge in [0.05, 0.1) is 20.6 Å². The second-order valence-corrected chi connectivity index (χ2v) is 12.6. The van der Waals surface area contributed by atoms with Gasteiger partial charge >= 0.3 is 0 Å². The van der Waals surface area contributed by atoms with Crippen molar-refractivity contribution in [2.45, 2.75) is 37.2 Å². The molecule has 4 rings (SSSR count). The molecule has 7 nitrogen and oxygen atoms in total. The largest absolute Gasteiger partial charge is 0.357 e. The SMILES string of the molecule is CCc1ccc(N(CC(=O)N(Cc2ccc(Cl)c(Cl)c2)C(Cc2ccccc2)C(=O)NC)S(=O)(=O)c2ccccc2)cc1. The van der Waals surface area contributed by atoms with Crippen LogP contribution in [0.25, 0.3) is 0 Å². The number of nitrogens with zero attached hydrogens (tertiary/aromatic N) is 2. The quantitative estimate of drug-likeness (QED) is 0.202. The Kier molecular flexibility index (Phi) is 10.9. The Morgan fingerprint density at radius 3 is 1.98 bits per heavy atom. The average molecular weight is 639 g/mol. The summed E-state index contributed by atoms with van der Waals surface area (Å²) in [6, 6.07) is 28.4. The molecule has 224 valence electrons. The molecule has 4 aromatic rings. The molecule has 1 N–H and O–H groups in total. The number of amides is 2. The van der Waals surface area contributed by atoms with Crippen molar-refractivity contribution in [3.8, 4) is 0 Å². The number of carbonyl (C=O) groups excluding carboxylic acids is 2. The standard InChI is InChI=1S/C33H33Cl2N3O4S/c1-3-24-14-17-27(18-15-24)38(43(41,42)28-12-8-5-9-13-28)23-32(39)37(22-26-16-19-29(34)30(35)20-26)31(33(40)36-2)21-25-10-6-4-7-11-25/h4-20,31H,3,21-23H2,1-2H3,(H,36,40). The van der Waals surface area contributed by atoms with E-state index < -0.39 is 28.5 Å². The van der Waals surface area contributed by atoms with Gasteiger partial charge < -0.3 is 10.2 Å². The van der Waals surface area contributed by atoms with Crippen LogP contribution in [0.1, 0.15) is 23.6 Å². The summed E-state index contributed by atoms with van der Waals surface area (Å²) in [5.74, 6) is -0.947. The molecule has 0 saturated carbocycles. The molecule has 0 aliphatic heterocycles. The Hall–Kier alpha value is -3.85. The van der Waals surface area contributed by atoms with Crippen LogP contribution in [-0.4, -0.2) is 44.8 Å². The number of likely N-dealkylation sites (N-methyl/N-ethyl adjacent to an activating group) is 1. The van der Waals surface area contributed by atoms with E-state index in [4.69, 9.17) is 23.2 Å². The summed E-state index contributed by atoms with van der Waals surface area (Å²) in [6.07, 6.45) is 0.986. The third-order valence-electron chi connectivity index (χ3n) is 7.10. The molecule has 0 saturated heterocycles. The molecule has 1 atom stereocenters. The van der Waals surface area contributed by atoms with Crippen LogP contribution in [0.2, 0.25) is 10.0 Å². The van der Waals surface area contributed by atoms with Gasteiger partial charge in [0.2, 0.25) is 11.8 Å². The lowest BCUT2D eigenvalue weighted by molar-refractivity contribution is -0.139. The Balaban J connectivity index is 1.79. The summed E-state index contributed by atoms with van der Waals surface area (Å²) in [4.78, 5) is 29.1. The maximum atomic E-state index is 14.3. The monoisotopic (exact) mass is 637 g/mol. The number of hydrogen-bond donors (Lipinski definition) is 1. The van der Waals surface area contributed by atoms with Crippen molar-refractivity contribution in [1.82, 2.24) is 10.2 Å². The first-order valence-electron chi connectivity index (χ1n) is 13.8. The highest BCUT2D eigenvalue weighted by Gasteiger charge is 2.34. The van der Waals surface area contributed by atoms with Crippen molar-refractivity contribution in [2.75, 3.05) is 17.9 Å². The lowest BCUT2D eigenvalue weighted by Gasteiger charge is -2.33. The molecule has 0 fully saturated rings. The zero-order valence-corrected chi connectivity index (χ0v) is 26.2. The second kappa shape index (κ2) is 14.6. The van der Waals surface area contributed by atoms with Gasteiger partial charge in [-0.3, -0.25) is 13.9 Å². The van der Waals surface area contributed by atoms with Gasteiger partial charge in [-0.15, -0.1) is 0 Å². The van der Waals surface area contributed by atoms with Gasteiger partial charge in [-0.25, -0.2) is 8.42 Å². The molecule has 2 amide bonds. The minimum Gasteiger partial charge on any atom is -0.357 e. The number of aryl methyl sites for hydroxylation is 1. The van der Waals surface area contributed by atoms with E-state index in [1.165, 1.54) is 24.1 Å². The van der Waals surface area contributed by atoms with E-state index in [2.05, 4.69) is 5.32 Å². The van der Waals surface area contributed by atoms with Crippen molar-refractivity contribution in [3.63, 3.8) is 0 Å². The first-order valence-corrected chi connectivity index (χ1v) is 16.0. The normalized spacial score (nSPS) is 11.9. The molecule has 0 radical (unpaired) electrons. The van der Waals surface area contributed by atoms with Crippen molar-refractivity contribution in [2.24, 2.45) is 0 Å². The molecule has 4 aromatic carbocycles. The summed E-state index contributed by atoms with van der Waals surface area (Å²) >= 11 is 12.4. The second-order valence-electron chi connectivity index (χ2n) is 9.93. The summed E-state index contributed by atoms with van der Waals surface area (Å²) in [6.45, 7) is 1.46. The molecular formula is C33H33Cl2N3O4S. The van der Waals surface area contributed by atoms with E-state index in [9.17, 15) is 18.0 Å². The predicted molar refractivity (Wildman–Crippen MR) is 172 cm³/mol. The maximum absolute atomic E-state index is 14.3. The number of anilines is 1. The third-order valence-corrected chi connectivity index (χ3v) is 9.62. The fraction of sp³-hybridized carbons (Fsp3) is 0.212. The average Bonchev–Trinajstić information content (AvgIpc) is 3.03. The lowest BCUT2D eigenvalue weighted by atomic mass is 10.0. The summed E-state index contributed by atoms with van der Waals surface area (Å²) in [5.41, 5.74) is 2.83. The number of halogens is 2. The van der Waals surface area contributed by atoms with E-state index in [0.717, 1.165) is 21.9 Å². The van der Waals surface area contributed by atoms with Crippen molar-refractivity contribution in [1.29, 1.82) is 0 Å². The number of rotatable bonds is 12. The molecular weight excluding hydrogens is 605 g/mol. The number of nitrogens with one attached hydrogen (secondary N) is 1. The zero-order valence-electron chi connectivity index (χ0n) is 23.9. The Morgan fingerprint density at radius 2 is 1.40 bits per heavy atom. The summed E-state index contributed by atoms with van der Waals surface area (Å²) < 4.78 is 29.1. The molecule has 43 heavy (non-hydrogen) atoms. The van der Waals surface area contributed by atoms with Crippen molar-refractivity contribution in [3.05, 3.63) is 130 Å². The fourth-order valence-electron chi connectivity index (χ4n) is 4.70. The molecule has 0 aromatic heterocycles. The van der Waals surface area contributed by atoms with Crippen LogP contribution in [0, 0.1) is 0 Å². The molecule has 0 aliphatic carbocycles. The van der Waals surface area contributed by atoms with Crippen LogP contribution < -0.4 is 9.62 Å². The third kappa shape index (κ3) is 7.96. The van der Waals surface area contributed by atoms with Crippen molar-refractivity contribution >= 4 is 50.7 Å². The number of carbonyl (C=O) groups is 2. The first-order chi connectivity index (χ1) is 20.6. The smallest absolute Gasteiger partial charge is 0.264 e. The highest BCUT2D eigenvalue weighted by Crippen LogP contribution is 2.27. The number of hydrogen-bond acceptors (Lipinski definition) is 4. The Morgan fingerprint density at radius 1 is 0.791 bits per heavy atom. The number of benzene rings is 4. The minimum absolute atomic E-state index is 0.00532. The highest BCUT2D eigenvalue weighted by atomic mass is 35.5. The van der Waals surface area contributed by atoms with E-state index in [-0.39, 0.29) is 23.8 Å². The van der Waals surface area contributed by atoms with Crippen LogP contribution in [0.3, 0.4) is 0 Å². The van der Waals surface area contributed by atoms with E-state index in [1.807, 2.05) is 49.4 Å². The van der Waals surface area contributed by atoms with Crippen LogP contribution in [0.5, 0.6) is 0 Å². The highest BCUT2D eigenvalue weighted by molar-refractivity contribution is 7.92. The van der Waals surface area contributed by atoms with Crippen molar-refractivity contribution < 1.29 is 18.0 Å². The van der Waals surface area contributed by atoms with Gasteiger partial charge in [-0.2, -0.15) is 0 Å². The van der Waals surface area contributed by atoms with Gasteiger partial charge in [-0.1, -0.05) is 96.9 Å². The van der Waals surface area contributed by atoms with Gasteiger partial charge in [0, 0.05) is 20.0 Å². The fourth-order valence-corrected chi connectivity index (χ4v) is 6.46. The topological polar surface area (TPSA) is 86.8 Å². The van der Waals surface area contributed by atoms with Gasteiger partial charge in [0.15, 0.2) is 0 Å². The first kappa shape index (κ1) is 32.1. The molecule has 0 heterocycles. The summed E-state index contributed by atoms with van der Waals surface area (Å²) in [7, 11) is -2.65. The van der Waals surface area contributed by atoms with Crippen LogP contribution in [0.15, 0.2) is 108 Å². The Bertz CT molecular complexity index is 1650. The Labute approximate surface area is 263 Å². The zero-order chi connectivity index (χ0) is 31.0. The van der Waals surface area contributed by atoms with Crippen LogP contribution in [-0.2, 0) is 39.0 Å².